The molecule has 2 rings (SSSR count). The van der Waals surface area contributed by atoms with E-state index in [0.29, 0.717) is 38.6 Å². The highest BCUT2D eigenvalue weighted by atomic mass is 16.6. The van der Waals surface area contributed by atoms with Gasteiger partial charge in [-0.15, -0.1) is 0 Å². The number of nitrogens with one attached hydrogen (secondary N) is 3. The van der Waals surface area contributed by atoms with Gasteiger partial charge >= 0.3 is 6.09 Å². The number of ether oxygens (including phenoxy) is 1. The van der Waals surface area contributed by atoms with Crippen molar-refractivity contribution >= 4 is 23.6 Å². The van der Waals surface area contributed by atoms with Gasteiger partial charge in [0, 0.05) is 44.2 Å². The summed E-state index contributed by atoms with van der Waals surface area (Å²) in [5.41, 5.74) is 1.46. The highest BCUT2D eigenvalue weighted by molar-refractivity contribution is 5.94. The molecule has 1 unspecified atom stereocenters. The van der Waals surface area contributed by atoms with Crippen LogP contribution in [0, 0.1) is 0 Å². The molecule has 0 fully saturated rings. The highest BCUT2D eigenvalue weighted by Crippen LogP contribution is 2.31. The Morgan fingerprint density at radius 1 is 1.27 bits per heavy atom. The molecular formula is C22H35N5O3. The molecule has 8 nitrogen and oxygen atoms in total. The molecule has 0 saturated heterocycles. The van der Waals surface area contributed by atoms with E-state index in [9.17, 15) is 9.59 Å². The number of fused-ring (bicyclic) bond motifs is 1. The van der Waals surface area contributed by atoms with E-state index in [0.717, 1.165) is 17.8 Å². The zero-order valence-corrected chi connectivity index (χ0v) is 18.7. The average molecular weight is 418 g/mol. The number of aliphatic imine (C=N–C) groups is 1. The smallest absolute Gasteiger partial charge is 0.410 e. The van der Waals surface area contributed by atoms with Crippen molar-refractivity contribution in [2.75, 3.05) is 38.0 Å². The molecule has 1 aliphatic heterocycles. The van der Waals surface area contributed by atoms with E-state index in [2.05, 4.69) is 20.9 Å². The topological polar surface area (TPSA) is 95.1 Å². The molecule has 1 aliphatic rings. The normalized spacial score (nSPS) is 16.4. The van der Waals surface area contributed by atoms with E-state index in [4.69, 9.17) is 4.74 Å². The van der Waals surface area contributed by atoms with Gasteiger partial charge in [0.1, 0.15) is 5.60 Å². The van der Waals surface area contributed by atoms with Crippen LogP contribution in [0.1, 0.15) is 52.5 Å². The third-order valence-electron chi connectivity index (χ3n) is 4.63. The number of para-hydroxylation sites is 1. The van der Waals surface area contributed by atoms with Gasteiger partial charge in [0.05, 0.1) is 6.54 Å². The highest BCUT2D eigenvalue weighted by Gasteiger charge is 2.24. The lowest BCUT2D eigenvalue weighted by Crippen LogP contribution is -2.44. The van der Waals surface area contributed by atoms with Crippen LogP contribution >= 0.6 is 0 Å². The first-order valence-corrected chi connectivity index (χ1v) is 10.6. The molecule has 0 bridgehead atoms. The van der Waals surface area contributed by atoms with Crippen LogP contribution in [0.5, 0.6) is 0 Å². The number of amides is 2. The second kappa shape index (κ2) is 10.8. The second-order valence-corrected chi connectivity index (χ2v) is 8.24. The van der Waals surface area contributed by atoms with Gasteiger partial charge in [-0.05, 0) is 46.2 Å². The Morgan fingerprint density at radius 2 is 2.00 bits per heavy atom. The predicted octanol–water partition coefficient (Wildman–Crippen LogP) is 2.92. The number of nitrogens with zero attached hydrogens (tertiary/aromatic N) is 2. The van der Waals surface area contributed by atoms with E-state index in [1.54, 1.807) is 4.90 Å². The summed E-state index contributed by atoms with van der Waals surface area (Å²) in [4.78, 5) is 30.6. The average Bonchev–Trinajstić information content (AvgIpc) is 2.67. The Hall–Kier alpha value is -2.77. The molecule has 1 atom stereocenters. The fourth-order valence-electron chi connectivity index (χ4n) is 3.22. The molecule has 2 amide bonds. The summed E-state index contributed by atoms with van der Waals surface area (Å²) < 4.78 is 5.44. The van der Waals surface area contributed by atoms with Crippen LogP contribution in [-0.4, -0.2) is 61.2 Å². The van der Waals surface area contributed by atoms with Crippen LogP contribution in [-0.2, 0) is 9.53 Å². The molecule has 0 spiro atoms. The van der Waals surface area contributed by atoms with Crippen molar-refractivity contribution in [1.29, 1.82) is 0 Å². The summed E-state index contributed by atoms with van der Waals surface area (Å²) in [7, 11) is 0. The molecule has 1 aromatic rings. The van der Waals surface area contributed by atoms with Gasteiger partial charge in [-0.2, -0.15) is 0 Å². The van der Waals surface area contributed by atoms with Gasteiger partial charge < -0.3 is 25.6 Å². The first-order valence-electron chi connectivity index (χ1n) is 10.6. The zero-order valence-electron chi connectivity index (χ0n) is 18.7. The maximum atomic E-state index is 12.3. The second-order valence-electron chi connectivity index (χ2n) is 8.24. The van der Waals surface area contributed by atoms with Crippen LogP contribution in [0.15, 0.2) is 29.3 Å². The number of benzene rings is 1. The molecule has 30 heavy (non-hydrogen) atoms. The summed E-state index contributed by atoms with van der Waals surface area (Å²) in [5.74, 6) is 0.725. The van der Waals surface area contributed by atoms with Gasteiger partial charge in [-0.3, -0.25) is 9.79 Å². The third kappa shape index (κ3) is 7.24. The van der Waals surface area contributed by atoms with Gasteiger partial charge in [0.15, 0.2) is 5.96 Å². The number of carbonyl (C=O) groups excluding carboxylic acids is 2. The van der Waals surface area contributed by atoms with Crippen LogP contribution < -0.4 is 16.0 Å². The minimum Gasteiger partial charge on any atom is -0.444 e. The monoisotopic (exact) mass is 417 g/mol. The summed E-state index contributed by atoms with van der Waals surface area (Å²) in [6.07, 6.45) is 0.0981. The fourth-order valence-corrected chi connectivity index (χ4v) is 3.22. The third-order valence-corrected chi connectivity index (χ3v) is 4.63. The first-order chi connectivity index (χ1) is 14.2. The van der Waals surface area contributed by atoms with Gasteiger partial charge in [-0.25, -0.2) is 4.79 Å². The van der Waals surface area contributed by atoms with Crippen molar-refractivity contribution < 1.29 is 14.3 Å². The Balaban J connectivity index is 1.95. The van der Waals surface area contributed by atoms with Crippen LogP contribution in [0.3, 0.4) is 0 Å². The molecule has 8 heteroatoms. The van der Waals surface area contributed by atoms with E-state index in [1.807, 2.05) is 58.9 Å². The van der Waals surface area contributed by atoms with Crippen LogP contribution in [0.2, 0.25) is 0 Å². The lowest BCUT2D eigenvalue weighted by molar-refractivity contribution is -0.116. The molecule has 166 valence electrons. The lowest BCUT2D eigenvalue weighted by atomic mass is 9.91. The number of hydrogen-bond acceptors (Lipinski definition) is 4. The van der Waals surface area contributed by atoms with E-state index < -0.39 is 5.60 Å². The van der Waals surface area contributed by atoms with Crippen molar-refractivity contribution in [3.8, 4) is 0 Å². The number of likely N-dealkylation sites (N-methyl/N-ethyl adjacent to an activating group) is 1. The number of guanidine groups is 1. The molecule has 0 radical (unpaired) electrons. The quantitative estimate of drug-likeness (QED) is 0.468. The molecule has 1 heterocycles. The van der Waals surface area contributed by atoms with Crippen LogP contribution in [0.25, 0.3) is 0 Å². The summed E-state index contributed by atoms with van der Waals surface area (Å²) in [6.45, 7) is 12.3. The lowest BCUT2D eigenvalue weighted by Gasteiger charge is -2.27. The Kier molecular flexibility index (Phi) is 8.50. The van der Waals surface area contributed by atoms with Gasteiger partial charge in [-0.1, -0.05) is 18.2 Å². The molecular weight excluding hydrogens is 382 g/mol. The Labute approximate surface area is 179 Å². The standard InChI is InChI=1S/C22H35N5O3/c1-6-23-20(24-12-13-27(7-2)21(29)30-22(3,4)5)25-15-16-14-19(28)26-18-11-9-8-10-17(16)18/h8-11,16H,6-7,12-15H2,1-5H3,(H,26,28)(H2,23,24,25). The first kappa shape index (κ1) is 23.5. The van der Waals surface area contributed by atoms with Crippen molar-refractivity contribution in [3.63, 3.8) is 0 Å². The predicted molar refractivity (Wildman–Crippen MR) is 120 cm³/mol. The SMILES string of the molecule is CCNC(=NCC1CC(=O)Nc2ccccc21)NCCN(CC)C(=O)OC(C)(C)C. The summed E-state index contributed by atoms with van der Waals surface area (Å²) >= 11 is 0. The number of hydrogen-bond donors (Lipinski definition) is 3. The maximum Gasteiger partial charge on any atom is 0.410 e. The largest absolute Gasteiger partial charge is 0.444 e. The van der Waals surface area contributed by atoms with E-state index >= 15 is 0 Å². The van der Waals surface area contributed by atoms with Gasteiger partial charge in [0.25, 0.3) is 0 Å². The van der Waals surface area contributed by atoms with Crippen molar-refractivity contribution in [2.24, 2.45) is 4.99 Å². The number of anilines is 1. The summed E-state index contributed by atoms with van der Waals surface area (Å²) in [6, 6.07) is 7.85. The minimum atomic E-state index is -0.517. The maximum absolute atomic E-state index is 12.3. The minimum absolute atomic E-state index is 0.0165. The molecule has 3 N–H and O–H groups in total. The Morgan fingerprint density at radius 3 is 2.67 bits per heavy atom. The van der Waals surface area contributed by atoms with Crippen LogP contribution in [0.4, 0.5) is 10.5 Å². The number of rotatable bonds is 7. The molecule has 0 aromatic heterocycles. The van der Waals surface area contributed by atoms with Crippen molar-refractivity contribution in [3.05, 3.63) is 29.8 Å². The van der Waals surface area contributed by atoms with Gasteiger partial charge in [0.2, 0.25) is 5.91 Å². The van der Waals surface area contributed by atoms with Crippen molar-refractivity contribution in [2.45, 2.75) is 52.6 Å². The van der Waals surface area contributed by atoms with E-state index in [1.165, 1.54) is 0 Å². The summed E-state index contributed by atoms with van der Waals surface area (Å²) in [5, 5.41) is 9.40. The van der Waals surface area contributed by atoms with E-state index in [-0.39, 0.29) is 17.9 Å². The number of carbonyl (C=O) groups is 2. The zero-order chi connectivity index (χ0) is 22.1. The van der Waals surface area contributed by atoms with Crippen molar-refractivity contribution in [1.82, 2.24) is 15.5 Å². The fraction of sp³-hybridized carbons (Fsp3) is 0.591. The molecule has 0 saturated carbocycles. The molecule has 0 aliphatic carbocycles. The molecule has 1 aromatic carbocycles. The Bertz CT molecular complexity index is 757.